The van der Waals surface area contributed by atoms with Gasteiger partial charge in [0.05, 0.1) is 0 Å². The highest BCUT2D eigenvalue weighted by Crippen LogP contribution is 2.32. The molecule has 3 heterocycles. The molecule has 8 nitrogen and oxygen atoms in total. The molecule has 1 aromatic carbocycles. The van der Waals surface area contributed by atoms with Gasteiger partial charge in [-0.25, -0.2) is 4.79 Å². The average Bonchev–Trinajstić information content (AvgIpc) is 3.41. The molecule has 3 aromatic rings. The van der Waals surface area contributed by atoms with Crippen LogP contribution in [0.1, 0.15) is 55.4 Å². The van der Waals surface area contributed by atoms with E-state index >= 15 is 0 Å². The Kier molecular flexibility index (Phi) is 5.08. The summed E-state index contributed by atoms with van der Waals surface area (Å²) in [6, 6.07) is 7.28. The van der Waals surface area contributed by atoms with Crippen LogP contribution < -0.4 is 5.32 Å². The molecular weight excluding hydrogens is 376 g/mol. The van der Waals surface area contributed by atoms with Crippen molar-refractivity contribution in [1.82, 2.24) is 25.2 Å². The molecule has 28 heavy (non-hydrogen) atoms. The Bertz CT molecular complexity index is 982. The molecule has 4 rings (SSSR count). The molecule has 0 spiro atoms. The Hall–Kier alpha value is -2.81. The van der Waals surface area contributed by atoms with E-state index in [0.29, 0.717) is 18.3 Å². The molecule has 2 aromatic heterocycles. The van der Waals surface area contributed by atoms with Crippen LogP contribution in [0.25, 0.3) is 10.6 Å². The molecule has 1 saturated heterocycles. The summed E-state index contributed by atoms with van der Waals surface area (Å²) in [4.78, 5) is 19.1. The number of aryl methyl sites for hydroxylation is 1. The van der Waals surface area contributed by atoms with Gasteiger partial charge in [0, 0.05) is 23.7 Å². The fourth-order valence-corrected chi connectivity index (χ4v) is 3.91. The van der Waals surface area contributed by atoms with Crippen LogP contribution >= 0.6 is 11.3 Å². The molecule has 1 aliphatic rings. The second-order valence-corrected chi connectivity index (χ2v) is 8.32. The predicted octanol–water partition coefficient (Wildman–Crippen LogP) is 4.39. The molecule has 0 radical (unpaired) electrons. The third kappa shape index (κ3) is 3.75. The van der Waals surface area contributed by atoms with Crippen LogP contribution in [-0.4, -0.2) is 37.8 Å². The number of carbonyl (C=O) groups excluding carboxylic acids is 1. The highest BCUT2D eigenvalue weighted by atomic mass is 32.1. The first-order chi connectivity index (χ1) is 13.5. The van der Waals surface area contributed by atoms with E-state index in [-0.39, 0.29) is 18.0 Å². The maximum absolute atomic E-state index is 12.9. The van der Waals surface area contributed by atoms with Crippen molar-refractivity contribution < 1.29 is 9.32 Å². The van der Waals surface area contributed by atoms with Crippen LogP contribution in [0.4, 0.5) is 10.5 Å². The SMILES string of the molecule is Cc1nnc(-c2cccc(NC(=O)N3CCC[C@H]3c3nc(C(C)C)no3)c2)s1. The normalized spacial score (nSPS) is 16.7. The molecular formula is C19H22N6O2S. The fourth-order valence-electron chi connectivity index (χ4n) is 3.22. The number of nitrogens with one attached hydrogen (secondary N) is 1. The van der Waals surface area contributed by atoms with E-state index in [0.717, 1.165) is 34.1 Å². The van der Waals surface area contributed by atoms with Gasteiger partial charge in [0.25, 0.3) is 0 Å². The monoisotopic (exact) mass is 398 g/mol. The summed E-state index contributed by atoms with van der Waals surface area (Å²) in [5, 5.41) is 17.0. The predicted molar refractivity (Wildman–Crippen MR) is 106 cm³/mol. The minimum absolute atomic E-state index is 0.169. The van der Waals surface area contributed by atoms with Crippen LogP contribution in [0.15, 0.2) is 28.8 Å². The van der Waals surface area contributed by atoms with Crippen LogP contribution in [0.5, 0.6) is 0 Å². The number of aromatic nitrogens is 4. The van der Waals surface area contributed by atoms with Crippen molar-refractivity contribution in [3.05, 3.63) is 41.0 Å². The third-order valence-corrected chi connectivity index (χ3v) is 5.55. The molecule has 0 saturated carbocycles. The summed E-state index contributed by atoms with van der Waals surface area (Å²) in [7, 11) is 0. The fraction of sp³-hybridized carbons (Fsp3) is 0.421. The first-order valence-corrected chi connectivity index (χ1v) is 10.1. The van der Waals surface area contributed by atoms with Crippen molar-refractivity contribution in [2.45, 2.75) is 45.6 Å². The maximum atomic E-state index is 12.9. The van der Waals surface area contributed by atoms with Gasteiger partial charge in [-0.3, -0.25) is 0 Å². The first kappa shape index (κ1) is 18.5. The van der Waals surface area contributed by atoms with Crippen LogP contribution in [-0.2, 0) is 0 Å². The van der Waals surface area contributed by atoms with E-state index in [9.17, 15) is 4.79 Å². The summed E-state index contributed by atoms with van der Waals surface area (Å²) in [6.45, 7) is 6.61. The molecule has 1 N–H and O–H groups in total. The van der Waals surface area contributed by atoms with Gasteiger partial charge in [0.15, 0.2) is 5.82 Å². The maximum Gasteiger partial charge on any atom is 0.322 e. The van der Waals surface area contributed by atoms with Crippen molar-refractivity contribution >= 4 is 23.1 Å². The molecule has 0 bridgehead atoms. The molecule has 146 valence electrons. The Morgan fingerprint density at radius 2 is 2.21 bits per heavy atom. The van der Waals surface area contributed by atoms with Gasteiger partial charge in [-0.1, -0.05) is 42.5 Å². The summed E-state index contributed by atoms with van der Waals surface area (Å²) in [5.41, 5.74) is 1.65. The zero-order valence-electron chi connectivity index (χ0n) is 16.0. The molecule has 0 unspecified atom stereocenters. The largest absolute Gasteiger partial charge is 0.337 e. The van der Waals surface area contributed by atoms with Crippen LogP contribution in [0, 0.1) is 6.92 Å². The van der Waals surface area contributed by atoms with Crippen LogP contribution in [0.2, 0.25) is 0 Å². The lowest BCUT2D eigenvalue weighted by Crippen LogP contribution is -2.34. The number of hydrogen-bond acceptors (Lipinski definition) is 7. The van der Waals surface area contributed by atoms with Crippen molar-refractivity contribution in [2.24, 2.45) is 0 Å². The van der Waals surface area contributed by atoms with E-state index in [1.165, 1.54) is 11.3 Å². The Morgan fingerprint density at radius 1 is 1.36 bits per heavy atom. The second kappa shape index (κ2) is 7.67. The number of anilines is 1. The number of likely N-dealkylation sites (tertiary alicyclic amines) is 1. The number of hydrogen-bond donors (Lipinski definition) is 1. The van der Waals surface area contributed by atoms with E-state index in [4.69, 9.17) is 4.52 Å². The molecule has 1 aliphatic heterocycles. The molecule has 0 aliphatic carbocycles. The lowest BCUT2D eigenvalue weighted by Gasteiger charge is -2.22. The van der Waals surface area contributed by atoms with Crippen molar-refractivity contribution in [3.8, 4) is 10.6 Å². The molecule has 2 amide bonds. The zero-order valence-corrected chi connectivity index (χ0v) is 16.9. The summed E-state index contributed by atoms with van der Waals surface area (Å²) in [6.07, 6.45) is 1.72. The number of amides is 2. The number of carbonyl (C=O) groups is 1. The van der Waals surface area contributed by atoms with Gasteiger partial charge < -0.3 is 14.7 Å². The topological polar surface area (TPSA) is 97.0 Å². The van der Waals surface area contributed by atoms with Gasteiger partial charge in [0.1, 0.15) is 16.1 Å². The highest BCUT2D eigenvalue weighted by molar-refractivity contribution is 7.14. The van der Waals surface area contributed by atoms with Gasteiger partial charge in [0.2, 0.25) is 5.89 Å². The standard InChI is InChI=1S/C19H22N6O2S/c1-11(2)16-21-17(27-24-16)15-8-5-9-25(15)19(26)20-14-7-4-6-13(10-14)18-23-22-12(3)28-18/h4,6-7,10-11,15H,5,8-9H2,1-3H3,(H,20,26)/t15-/m0/s1. The number of nitrogens with zero attached hydrogens (tertiary/aromatic N) is 5. The van der Waals surface area contributed by atoms with Crippen LogP contribution in [0.3, 0.4) is 0 Å². The Labute approximate surface area is 167 Å². The lowest BCUT2D eigenvalue weighted by atomic mass is 10.2. The first-order valence-electron chi connectivity index (χ1n) is 9.33. The molecule has 9 heteroatoms. The van der Waals surface area contributed by atoms with E-state index in [2.05, 4.69) is 25.7 Å². The van der Waals surface area contributed by atoms with E-state index in [1.807, 2.05) is 45.0 Å². The summed E-state index contributed by atoms with van der Waals surface area (Å²) >= 11 is 1.52. The second-order valence-electron chi connectivity index (χ2n) is 7.13. The van der Waals surface area contributed by atoms with Crippen molar-refractivity contribution in [1.29, 1.82) is 0 Å². The van der Waals surface area contributed by atoms with Gasteiger partial charge >= 0.3 is 6.03 Å². The zero-order chi connectivity index (χ0) is 19.7. The molecule has 1 fully saturated rings. The van der Waals surface area contributed by atoms with E-state index < -0.39 is 0 Å². The third-order valence-electron chi connectivity index (χ3n) is 4.66. The Balaban J connectivity index is 1.49. The van der Waals surface area contributed by atoms with Crippen molar-refractivity contribution in [3.63, 3.8) is 0 Å². The highest BCUT2D eigenvalue weighted by Gasteiger charge is 2.34. The van der Waals surface area contributed by atoms with Gasteiger partial charge in [-0.15, -0.1) is 10.2 Å². The molecule has 1 atom stereocenters. The minimum atomic E-state index is -0.186. The smallest absolute Gasteiger partial charge is 0.322 e. The van der Waals surface area contributed by atoms with Crippen molar-refractivity contribution in [2.75, 3.05) is 11.9 Å². The number of benzene rings is 1. The summed E-state index contributed by atoms with van der Waals surface area (Å²) in [5.74, 6) is 1.37. The summed E-state index contributed by atoms with van der Waals surface area (Å²) < 4.78 is 5.42. The average molecular weight is 398 g/mol. The lowest BCUT2D eigenvalue weighted by molar-refractivity contribution is 0.193. The Morgan fingerprint density at radius 3 is 2.93 bits per heavy atom. The van der Waals surface area contributed by atoms with Gasteiger partial charge in [-0.2, -0.15) is 4.98 Å². The number of rotatable bonds is 4. The minimum Gasteiger partial charge on any atom is -0.337 e. The quantitative estimate of drug-likeness (QED) is 0.700. The van der Waals surface area contributed by atoms with Gasteiger partial charge in [-0.05, 0) is 31.9 Å². The number of urea groups is 1. The van der Waals surface area contributed by atoms with E-state index in [1.54, 1.807) is 4.90 Å².